The molecular formula is C47H50O22. The Morgan fingerprint density at radius 3 is 1.65 bits per heavy atom. The molecule has 2 aliphatic rings. The van der Waals surface area contributed by atoms with Crippen LogP contribution in [-0.2, 0) is 71.4 Å². The molecule has 22 heteroatoms. The molecule has 69 heavy (non-hydrogen) atoms. The number of ether oxygens (including phenoxy) is 11. The molecule has 0 radical (unpaired) electrons. The van der Waals surface area contributed by atoms with E-state index in [1.54, 1.807) is 0 Å². The highest BCUT2D eigenvalue weighted by molar-refractivity contribution is 5.88. The van der Waals surface area contributed by atoms with E-state index in [1.807, 2.05) is 0 Å². The fraction of sp³-hybridized carbons (Fsp3) is 0.362. The lowest BCUT2D eigenvalue weighted by molar-refractivity contribution is -0.384. The van der Waals surface area contributed by atoms with Crippen LogP contribution in [0.1, 0.15) is 37.5 Å². The Labute approximate surface area is 393 Å². The number of aliphatic hydroxyl groups is 2. The van der Waals surface area contributed by atoms with Crippen molar-refractivity contribution >= 4 is 54.0 Å². The predicted octanol–water partition coefficient (Wildman–Crippen LogP) is 2.24. The number of esters is 6. The summed E-state index contributed by atoms with van der Waals surface area (Å²) in [4.78, 5) is 76.7. The van der Waals surface area contributed by atoms with E-state index in [2.05, 4.69) is 0 Å². The van der Waals surface area contributed by atoms with Gasteiger partial charge in [-0.3, -0.25) is 14.4 Å². The van der Waals surface area contributed by atoms with Gasteiger partial charge in [0, 0.05) is 39.0 Å². The van der Waals surface area contributed by atoms with E-state index in [4.69, 9.17) is 52.1 Å². The number of phenols is 3. The molecule has 2 fully saturated rings. The van der Waals surface area contributed by atoms with Crippen LogP contribution in [-0.4, -0.2) is 150 Å². The van der Waals surface area contributed by atoms with Crippen LogP contribution in [0, 0.1) is 0 Å². The minimum atomic E-state index is -2.74. The summed E-state index contributed by atoms with van der Waals surface area (Å²) in [5.74, 6) is -8.98. The first-order chi connectivity index (χ1) is 32.8. The molecule has 370 valence electrons. The predicted molar refractivity (Wildman–Crippen MR) is 233 cm³/mol. The van der Waals surface area contributed by atoms with Crippen LogP contribution in [0.25, 0.3) is 18.2 Å². The number of carbonyl (C=O) groups is 6. The Balaban J connectivity index is 1.55. The monoisotopic (exact) mass is 966 g/mol. The van der Waals surface area contributed by atoms with Gasteiger partial charge < -0.3 is 77.6 Å². The summed E-state index contributed by atoms with van der Waals surface area (Å²) in [6, 6.07) is 14.0. The molecule has 5 rings (SSSR count). The zero-order valence-corrected chi connectivity index (χ0v) is 37.7. The smallest absolute Gasteiger partial charge is 0.331 e. The minimum absolute atomic E-state index is 0.0466. The van der Waals surface area contributed by atoms with Crippen molar-refractivity contribution in [1.29, 1.82) is 0 Å². The van der Waals surface area contributed by atoms with Gasteiger partial charge in [0.1, 0.15) is 50.0 Å². The third kappa shape index (κ3) is 14.5. The average Bonchev–Trinajstić information content (AvgIpc) is 3.56. The van der Waals surface area contributed by atoms with Crippen molar-refractivity contribution in [3.63, 3.8) is 0 Å². The second-order valence-corrected chi connectivity index (χ2v) is 15.1. The third-order valence-corrected chi connectivity index (χ3v) is 10.0. The highest BCUT2D eigenvalue weighted by Gasteiger charge is 2.63. The number of rotatable bonds is 19. The van der Waals surface area contributed by atoms with Crippen LogP contribution >= 0.6 is 0 Å². The fourth-order valence-electron chi connectivity index (χ4n) is 6.83. The van der Waals surface area contributed by atoms with E-state index < -0.39 is 110 Å². The zero-order chi connectivity index (χ0) is 50.4. The molecule has 9 atom stereocenters. The summed E-state index contributed by atoms with van der Waals surface area (Å²) >= 11 is 0. The molecule has 0 aromatic heterocycles. The van der Waals surface area contributed by atoms with E-state index >= 15 is 0 Å². The van der Waals surface area contributed by atoms with Gasteiger partial charge >= 0.3 is 35.8 Å². The standard InChI is InChI=1S/C47H50O22/c1-25(48)61-23-37-43(64-26(2)49)42(58)44(65-27(3)50)46(66-37)69-47(24-63-39(55)17-10-28-6-13-31(51)14-7-28)45(67-40(56)19-12-30-9-16-33(53)35(21-30)60-5)41(57)36(68-47)22-62-38(54)18-11-29-8-15-32(52)34(20-29)59-4/h6-21,36-37,41-46,51-53,57-58H,22-24H2,1-5H3/t36-,37-,41-,42+,43-,44-,45+,46-,47+/m1/s1. The fourth-order valence-corrected chi connectivity index (χ4v) is 6.83. The average molecular weight is 967 g/mol. The third-order valence-electron chi connectivity index (χ3n) is 10.0. The number of methoxy groups -OCH3 is 2. The Morgan fingerprint density at radius 2 is 1.10 bits per heavy atom. The van der Waals surface area contributed by atoms with Crippen LogP contribution in [0.15, 0.2) is 78.9 Å². The summed E-state index contributed by atoms with van der Waals surface area (Å²) < 4.78 is 61.3. The topological polar surface area (TPSA) is 305 Å². The molecule has 0 saturated carbocycles. The van der Waals surface area contributed by atoms with Gasteiger partial charge in [0.2, 0.25) is 12.1 Å². The van der Waals surface area contributed by atoms with Crippen molar-refractivity contribution in [3.05, 3.63) is 95.6 Å². The number of hydrogen-bond acceptors (Lipinski definition) is 22. The van der Waals surface area contributed by atoms with Gasteiger partial charge in [-0.2, -0.15) is 0 Å². The molecule has 0 unspecified atom stereocenters. The highest BCUT2D eigenvalue weighted by Crippen LogP contribution is 2.40. The second-order valence-electron chi connectivity index (χ2n) is 15.1. The molecule has 2 aliphatic heterocycles. The summed E-state index contributed by atoms with van der Waals surface area (Å²) in [5.41, 5.74) is 1.20. The zero-order valence-electron chi connectivity index (χ0n) is 37.7. The molecule has 2 heterocycles. The number of hydrogen-bond donors (Lipinski definition) is 5. The van der Waals surface area contributed by atoms with E-state index in [0.29, 0.717) is 16.7 Å². The summed E-state index contributed by atoms with van der Waals surface area (Å²) in [7, 11) is 2.64. The lowest BCUT2D eigenvalue weighted by atomic mass is 9.98. The number of aliphatic hydroxyl groups excluding tert-OH is 2. The van der Waals surface area contributed by atoms with Crippen molar-refractivity contribution in [2.75, 3.05) is 34.0 Å². The van der Waals surface area contributed by atoms with Crippen LogP contribution in [0.5, 0.6) is 28.7 Å². The molecule has 2 saturated heterocycles. The van der Waals surface area contributed by atoms with E-state index in [9.17, 15) is 54.3 Å². The number of carbonyl (C=O) groups excluding carboxylic acids is 6. The quantitative estimate of drug-likeness (QED) is 0.0654. The van der Waals surface area contributed by atoms with Crippen LogP contribution in [0.4, 0.5) is 0 Å². The van der Waals surface area contributed by atoms with Crippen molar-refractivity contribution in [2.45, 2.75) is 75.6 Å². The van der Waals surface area contributed by atoms with Crippen molar-refractivity contribution in [3.8, 4) is 28.7 Å². The Kier molecular flexibility index (Phi) is 18.2. The first-order valence-corrected chi connectivity index (χ1v) is 20.8. The molecule has 0 amide bonds. The van der Waals surface area contributed by atoms with Crippen molar-refractivity contribution in [2.24, 2.45) is 0 Å². The van der Waals surface area contributed by atoms with Crippen LogP contribution in [0.2, 0.25) is 0 Å². The molecule has 5 N–H and O–H groups in total. The van der Waals surface area contributed by atoms with Gasteiger partial charge in [0.15, 0.2) is 41.3 Å². The Bertz CT molecular complexity index is 2410. The molecule has 3 aromatic carbocycles. The lowest BCUT2D eigenvalue weighted by Gasteiger charge is -2.45. The molecule has 0 aliphatic carbocycles. The molecule has 22 nitrogen and oxygen atoms in total. The number of benzene rings is 3. The van der Waals surface area contributed by atoms with Gasteiger partial charge in [-0.15, -0.1) is 0 Å². The SMILES string of the molecule is COc1cc(C=CC(=O)OC[C@H]2O[C@@](COC(=O)C=Cc3ccc(O)cc3)(O[C@H]3O[C@H](COC(C)=O)[C@@H](OC(C)=O)[C@H](O)[C@H]3OC(C)=O)[C@@H](OC(=O)C=Cc3ccc(O)c(OC)c3)[C@@H]2O)ccc1O. The normalized spacial score (nSPS) is 24.4. The maximum Gasteiger partial charge on any atom is 0.331 e. The first-order valence-electron chi connectivity index (χ1n) is 20.8. The van der Waals surface area contributed by atoms with E-state index in [-0.39, 0.29) is 28.7 Å². The Hall–Kier alpha value is -7.50. The van der Waals surface area contributed by atoms with Crippen LogP contribution in [0.3, 0.4) is 0 Å². The first kappa shape index (κ1) is 52.5. The molecular weight excluding hydrogens is 916 g/mol. The Morgan fingerprint density at radius 1 is 0.594 bits per heavy atom. The minimum Gasteiger partial charge on any atom is -0.508 e. The molecule has 3 aromatic rings. The number of phenolic OH excluding ortho intramolecular Hbond substituents is 3. The largest absolute Gasteiger partial charge is 0.508 e. The molecule has 0 spiro atoms. The van der Waals surface area contributed by atoms with Gasteiger partial charge in [0.25, 0.3) is 0 Å². The van der Waals surface area contributed by atoms with Gasteiger partial charge in [-0.1, -0.05) is 24.3 Å². The maximum absolute atomic E-state index is 13.7. The molecule has 0 bridgehead atoms. The highest BCUT2D eigenvalue weighted by atomic mass is 16.8. The van der Waals surface area contributed by atoms with Gasteiger partial charge in [0.05, 0.1) is 14.2 Å². The van der Waals surface area contributed by atoms with Crippen LogP contribution < -0.4 is 9.47 Å². The summed E-state index contributed by atoms with van der Waals surface area (Å²) in [6.45, 7) is 0.440. The number of aromatic hydroxyl groups is 3. The van der Waals surface area contributed by atoms with E-state index in [1.165, 1.54) is 93.1 Å². The van der Waals surface area contributed by atoms with Gasteiger partial charge in [-0.25, -0.2) is 14.4 Å². The van der Waals surface area contributed by atoms with Crippen molar-refractivity contribution < 1.29 is 106 Å². The maximum atomic E-state index is 13.7. The van der Waals surface area contributed by atoms with Gasteiger partial charge in [-0.05, 0) is 71.3 Å². The van der Waals surface area contributed by atoms with Crippen molar-refractivity contribution in [1.82, 2.24) is 0 Å². The summed E-state index contributed by atoms with van der Waals surface area (Å²) in [6.07, 6.45) is -8.28. The van der Waals surface area contributed by atoms with E-state index in [0.717, 1.165) is 39.0 Å². The lowest BCUT2D eigenvalue weighted by Crippen LogP contribution is -2.65. The second kappa shape index (κ2) is 24.0. The summed E-state index contributed by atoms with van der Waals surface area (Å²) in [5, 5.41) is 53.2.